The number of hydrogen-bond acceptors (Lipinski definition) is 3. The lowest BCUT2D eigenvalue weighted by atomic mass is 10.2. The van der Waals surface area contributed by atoms with E-state index in [1.807, 2.05) is 52.0 Å². The smallest absolute Gasteiger partial charge is 0.207 e. The molecule has 0 fully saturated rings. The van der Waals surface area contributed by atoms with Crippen LogP contribution in [0.1, 0.15) is 39.0 Å². The first kappa shape index (κ1) is 16.7. The van der Waals surface area contributed by atoms with Crippen molar-refractivity contribution in [3.63, 3.8) is 0 Å². The SMILES string of the molecule is C/C=C\c1[nH]c(Nc2ccc(C)cc2)nc1/N=C\C.CC. The molecule has 0 radical (unpaired) electrons. The summed E-state index contributed by atoms with van der Waals surface area (Å²) < 4.78 is 0. The highest BCUT2D eigenvalue weighted by Gasteiger charge is 2.06. The van der Waals surface area contributed by atoms with Crippen LogP contribution in [0.4, 0.5) is 17.5 Å². The zero-order valence-corrected chi connectivity index (χ0v) is 13.4. The number of aliphatic imine (C=N–C) groups is 1. The molecular formula is C17H24N4. The number of nitrogens with zero attached hydrogens (tertiary/aromatic N) is 2. The molecule has 1 aromatic heterocycles. The number of aromatic amines is 1. The molecule has 0 saturated heterocycles. The summed E-state index contributed by atoms with van der Waals surface area (Å²) in [6.07, 6.45) is 5.65. The summed E-state index contributed by atoms with van der Waals surface area (Å²) in [5, 5.41) is 3.23. The number of imidazole rings is 1. The molecule has 2 aromatic rings. The van der Waals surface area contributed by atoms with E-state index in [1.165, 1.54) is 5.56 Å². The van der Waals surface area contributed by atoms with Crippen LogP contribution in [0.2, 0.25) is 0 Å². The summed E-state index contributed by atoms with van der Waals surface area (Å²) in [5.74, 6) is 1.38. The second-order valence-corrected chi connectivity index (χ2v) is 4.20. The van der Waals surface area contributed by atoms with Gasteiger partial charge >= 0.3 is 0 Å². The normalized spacial score (nSPS) is 10.7. The Hall–Kier alpha value is -2.36. The van der Waals surface area contributed by atoms with Gasteiger partial charge in [-0.15, -0.1) is 0 Å². The van der Waals surface area contributed by atoms with Crippen LogP contribution in [0.3, 0.4) is 0 Å². The summed E-state index contributed by atoms with van der Waals surface area (Å²) in [4.78, 5) is 11.9. The van der Waals surface area contributed by atoms with Crippen LogP contribution in [0, 0.1) is 6.92 Å². The van der Waals surface area contributed by atoms with E-state index >= 15 is 0 Å². The maximum atomic E-state index is 4.42. The van der Waals surface area contributed by atoms with Gasteiger partial charge in [-0.05, 0) is 39.0 Å². The molecule has 4 heteroatoms. The Morgan fingerprint density at radius 2 is 1.81 bits per heavy atom. The Morgan fingerprint density at radius 3 is 2.38 bits per heavy atom. The highest BCUT2D eigenvalue weighted by molar-refractivity contribution is 5.68. The second-order valence-electron chi connectivity index (χ2n) is 4.20. The van der Waals surface area contributed by atoms with Crippen molar-refractivity contribution in [2.75, 3.05) is 5.32 Å². The molecule has 0 atom stereocenters. The van der Waals surface area contributed by atoms with Gasteiger partial charge in [0.25, 0.3) is 0 Å². The quantitative estimate of drug-likeness (QED) is 0.754. The van der Waals surface area contributed by atoms with Gasteiger partial charge in [0.1, 0.15) is 0 Å². The maximum Gasteiger partial charge on any atom is 0.207 e. The van der Waals surface area contributed by atoms with Crippen LogP contribution >= 0.6 is 0 Å². The van der Waals surface area contributed by atoms with Gasteiger partial charge in [0.2, 0.25) is 5.95 Å². The molecule has 0 aliphatic heterocycles. The topological polar surface area (TPSA) is 53.1 Å². The average molecular weight is 284 g/mol. The zero-order valence-electron chi connectivity index (χ0n) is 13.4. The largest absolute Gasteiger partial charge is 0.326 e. The highest BCUT2D eigenvalue weighted by atomic mass is 15.2. The van der Waals surface area contributed by atoms with Crippen molar-refractivity contribution in [1.82, 2.24) is 9.97 Å². The lowest BCUT2D eigenvalue weighted by molar-refractivity contribution is 1.27. The molecule has 0 bridgehead atoms. The third kappa shape index (κ3) is 4.91. The van der Waals surface area contributed by atoms with E-state index in [2.05, 4.69) is 39.3 Å². The summed E-state index contributed by atoms with van der Waals surface area (Å²) in [5.41, 5.74) is 3.13. The molecule has 1 aromatic carbocycles. The molecule has 0 aliphatic carbocycles. The number of aryl methyl sites for hydroxylation is 1. The van der Waals surface area contributed by atoms with Crippen molar-refractivity contribution in [2.45, 2.75) is 34.6 Å². The molecule has 0 aliphatic rings. The molecule has 112 valence electrons. The number of benzene rings is 1. The number of anilines is 2. The number of H-pyrrole nitrogens is 1. The van der Waals surface area contributed by atoms with Gasteiger partial charge in [0, 0.05) is 11.9 Å². The van der Waals surface area contributed by atoms with Crippen LogP contribution in [-0.2, 0) is 0 Å². The summed E-state index contributed by atoms with van der Waals surface area (Å²) in [6, 6.07) is 8.17. The number of aromatic nitrogens is 2. The zero-order chi connectivity index (χ0) is 15.7. The monoisotopic (exact) mass is 284 g/mol. The fourth-order valence-electron chi connectivity index (χ4n) is 1.71. The van der Waals surface area contributed by atoms with Crippen molar-refractivity contribution in [3.05, 3.63) is 41.6 Å². The fraction of sp³-hybridized carbons (Fsp3) is 0.294. The van der Waals surface area contributed by atoms with Crippen LogP contribution in [0.25, 0.3) is 6.08 Å². The summed E-state index contributed by atoms with van der Waals surface area (Å²) in [6.45, 7) is 9.91. The van der Waals surface area contributed by atoms with E-state index in [4.69, 9.17) is 0 Å². The Labute approximate surface area is 127 Å². The first-order valence-electron chi connectivity index (χ1n) is 7.28. The van der Waals surface area contributed by atoms with Gasteiger partial charge in [-0.25, -0.2) is 4.99 Å². The average Bonchev–Trinajstić information content (AvgIpc) is 2.86. The van der Waals surface area contributed by atoms with Crippen molar-refractivity contribution < 1.29 is 0 Å². The van der Waals surface area contributed by atoms with Gasteiger partial charge in [-0.3, -0.25) is 0 Å². The van der Waals surface area contributed by atoms with Gasteiger partial charge in [-0.2, -0.15) is 4.98 Å². The van der Waals surface area contributed by atoms with E-state index in [1.54, 1.807) is 6.21 Å². The predicted octanol–water partition coefficient (Wildman–Crippen LogP) is 5.24. The maximum absolute atomic E-state index is 4.42. The Balaban J connectivity index is 0.00000106. The van der Waals surface area contributed by atoms with Crippen molar-refractivity contribution >= 4 is 29.7 Å². The van der Waals surface area contributed by atoms with Crippen molar-refractivity contribution in [3.8, 4) is 0 Å². The Bertz CT molecular complexity index is 562. The molecule has 1 heterocycles. The molecule has 0 spiro atoms. The molecule has 4 nitrogen and oxygen atoms in total. The molecule has 21 heavy (non-hydrogen) atoms. The molecule has 0 saturated carbocycles. The molecule has 2 N–H and O–H groups in total. The highest BCUT2D eigenvalue weighted by Crippen LogP contribution is 2.22. The Kier molecular flexibility index (Phi) is 6.95. The minimum absolute atomic E-state index is 0.690. The molecule has 0 unspecified atom stereocenters. The molecular weight excluding hydrogens is 260 g/mol. The van der Waals surface area contributed by atoms with Crippen LogP contribution in [0.5, 0.6) is 0 Å². The van der Waals surface area contributed by atoms with Gasteiger partial charge < -0.3 is 10.3 Å². The number of rotatable bonds is 4. The second kappa shape index (κ2) is 8.74. The van der Waals surface area contributed by atoms with Gasteiger partial charge in [-0.1, -0.05) is 37.6 Å². The van der Waals surface area contributed by atoms with Gasteiger partial charge in [0.15, 0.2) is 5.82 Å². The van der Waals surface area contributed by atoms with E-state index in [9.17, 15) is 0 Å². The lowest BCUT2D eigenvalue weighted by Crippen LogP contribution is -1.91. The van der Waals surface area contributed by atoms with Gasteiger partial charge in [0.05, 0.1) is 5.69 Å². The Morgan fingerprint density at radius 1 is 1.14 bits per heavy atom. The first-order chi connectivity index (χ1) is 10.2. The van der Waals surface area contributed by atoms with E-state index in [0.29, 0.717) is 11.8 Å². The van der Waals surface area contributed by atoms with Crippen LogP contribution in [0.15, 0.2) is 35.3 Å². The number of hydrogen-bond donors (Lipinski definition) is 2. The van der Waals surface area contributed by atoms with E-state index in [0.717, 1.165) is 11.4 Å². The standard InChI is InChI=1S/C15H18N4.C2H6/c1-4-6-13-14(16-5-2)19-15(18-13)17-12-9-7-11(3)8-10-12;1-2/h4-10H,1-3H3,(H2,17,18,19);1-2H3/b6-4-,16-5-;. The summed E-state index contributed by atoms with van der Waals surface area (Å²) >= 11 is 0. The molecule has 0 amide bonds. The van der Waals surface area contributed by atoms with E-state index in [-0.39, 0.29) is 0 Å². The minimum atomic E-state index is 0.690. The van der Waals surface area contributed by atoms with Crippen molar-refractivity contribution in [1.29, 1.82) is 0 Å². The summed E-state index contributed by atoms with van der Waals surface area (Å²) in [7, 11) is 0. The van der Waals surface area contributed by atoms with Crippen molar-refractivity contribution in [2.24, 2.45) is 4.99 Å². The van der Waals surface area contributed by atoms with E-state index < -0.39 is 0 Å². The number of nitrogens with one attached hydrogen (secondary N) is 2. The molecule has 2 rings (SSSR count). The fourth-order valence-corrected chi connectivity index (χ4v) is 1.71. The van der Waals surface area contributed by atoms with Crippen LogP contribution < -0.4 is 5.32 Å². The number of allylic oxidation sites excluding steroid dienone is 1. The first-order valence-corrected chi connectivity index (χ1v) is 7.28. The predicted molar refractivity (Wildman–Crippen MR) is 92.9 cm³/mol. The lowest BCUT2D eigenvalue weighted by Gasteiger charge is -2.02. The third-order valence-corrected chi connectivity index (χ3v) is 2.61. The third-order valence-electron chi connectivity index (χ3n) is 2.61. The minimum Gasteiger partial charge on any atom is -0.326 e. The van der Waals surface area contributed by atoms with Crippen LogP contribution in [-0.4, -0.2) is 16.2 Å².